The van der Waals surface area contributed by atoms with Gasteiger partial charge in [0.05, 0.1) is 5.60 Å². The van der Waals surface area contributed by atoms with Gasteiger partial charge < -0.3 is 10.4 Å². The molecule has 24 heavy (non-hydrogen) atoms. The molecule has 1 aliphatic heterocycles. The zero-order valence-corrected chi connectivity index (χ0v) is 14.5. The number of benzene rings is 2. The largest absolute Gasteiger partial charge is 0.389 e. The normalized spacial score (nSPS) is 33.1. The number of nitrogens with one attached hydrogen (secondary N) is 1. The first kappa shape index (κ1) is 16.9. The molecule has 0 spiro atoms. The van der Waals surface area contributed by atoms with Crippen LogP contribution in [-0.2, 0) is 0 Å². The lowest BCUT2D eigenvalue weighted by molar-refractivity contribution is -0.108. The zero-order chi connectivity index (χ0) is 17.2. The van der Waals surface area contributed by atoms with E-state index in [1.807, 2.05) is 18.2 Å². The molecule has 1 heterocycles. The van der Waals surface area contributed by atoms with E-state index in [1.54, 1.807) is 0 Å². The molecule has 2 heteroatoms. The van der Waals surface area contributed by atoms with Crippen molar-refractivity contribution in [1.29, 1.82) is 0 Å². The molecule has 3 rings (SSSR count). The maximum absolute atomic E-state index is 11.6. The van der Waals surface area contributed by atoms with E-state index in [1.165, 1.54) is 11.1 Å². The predicted molar refractivity (Wildman–Crippen MR) is 99.6 cm³/mol. The molecular weight excluding hydrogens is 294 g/mol. The van der Waals surface area contributed by atoms with Gasteiger partial charge in [-0.25, -0.2) is 0 Å². The third-order valence-electron chi connectivity index (χ3n) is 5.72. The number of piperidine rings is 1. The van der Waals surface area contributed by atoms with Crippen LogP contribution in [0.15, 0.2) is 73.3 Å². The van der Waals surface area contributed by atoms with Gasteiger partial charge in [-0.1, -0.05) is 80.6 Å². The molecule has 126 valence electrons. The Morgan fingerprint density at radius 2 is 1.33 bits per heavy atom. The van der Waals surface area contributed by atoms with Crippen molar-refractivity contribution in [3.8, 4) is 0 Å². The fraction of sp³-hybridized carbons (Fsp3) is 0.364. The lowest BCUT2D eigenvalue weighted by Crippen LogP contribution is -2.57. The van der Waals surface area contributed by atoms with Crippen LogP contribution in [0.25, 0.3) is 0 Å². The van der Waals surface area contributed by atoms with Gasteiger partial charge >= 0.3 is 0 Å². The van der Waals surface area contributed by atoms with E-state index in [2.05, 4.69) is 74.3 Å². The summed E-state index contributed by atoms with van der Waals surface area (Å²) in [5.41, 5.74) is 1.66. The Labute approximate surface area is 145 Å². The Morgan fingerprint density at radius 3 is 1.71 bits per heavy atom. The molecular formula is C22H27NO. The van der Waals surface area contributed by atoms with Crippen LogP contribution >= 0.6 is 0 Å². The summed E-state index contributed by atoms with van der Waals surface area (Å²) in [6.45, 7) is 8.17. The van der Waals surface area contributed by atoms with Gasteiger partial charge in [-0.05, 0) is 17.5 Å². The third kappa shape index (κ3) is 2.92. The molecule has 4 atom stereocenters. The van der Waals surface area contributed by atoms with E-state index >= 15 is 0 Å². The summed E-state index contributed by atoms with van der Waals surface area (Å²) in [4.78, 5) is 0. The first-order valence-corrected chi connectivity index (χ1v) is 8.77. The summed E-state index contributed by atoms with van der Waals surface area (Å²) in [7, 11) is 0. The summed E-state index contributed by atoms with van der Waals surface area (Å²) >= 11 is 0. The lowest BCUT2D eigenvalue weighted by atomic mass is 9.65. The number of hydrogen-bond donors (Lipinski definition) is 2. The molecule has 0 saturated carbocycles. The number of rotatable bonds is 4. The minimum Gasteiger partial charge on any atom is -0.389 e. The van der Waals surface area contributed by atoms with Crippen molar-refractivity contribution < 1.29 is 5.11 Å². The highest BCUT2D eigenvalue weighted by molar-refractivity contribution is 5.28. The summed E-state index contributed by atoms with van der Waals surface area (Å²) in [6, 6.07) is 21.1. The van der Waals surface area contributed by atoms with Gasteiger partial charge in [0.15, 0.2) is 0 Å². The van der Waals surface area contributed by atoms with Gasteiger partial charge in [-0.2, -0.15) is 0 Å². The molecule has 1 saturated heterocycles. The fourth-order valence-corrected chi connectivity index (χ4v) is 4.17. The maximum atomic E-state index is 11.6. The molecule has 2 aromatic carbocycles. The van der Waals surface area contributed by atoms with Crippen molar-refractivity contribution in [3.63, 3.8) is 0 Å². The minimum atomic E-state index is -0.784. The second-order valence-corrected chi connectivity index (χ2v) is 7.00. The third-order valence-corrected chi connectivity index (χ3v) is 5.72. The van der Waals surface area contributed by atoms with Gasteiger partial charge in [0.1, 0.15) is 0 Å². The first-order valence-electron chi connectivity index (χ1n) is 8.77. The van der Waals surface area contributed by atoms with Crippen LogP contribution in [0.3, 0.4) is 0 Å². The second-order valence-electron chi connectivity index (χ2n) is 7.00. The zero-order valence-electron chi connectivity index (χ0n) is 14.5. The van der Waals surface area contributed by atoms with E-state index in [0.717, 1.165) is 0 Å². The van der Waals surface area contributed by atoms with Gasteiger partial charge in [-0.15, -0.1) is 6.58 Å². The average molecular weight is 321 g/mol. The van der Waals surface area contributed by atoms with E-state index in [0.29, 0.717) is 6.42 Å². The Kier molecular flexibility index (Phi) is 4.88. The Hall–Kier alpha value is -1.90. The van der Waals surface area contributed by atoms with E-state index in [9.17, 15) is 5.11 Å². The van der Waals surface area contributed by atoms with Crippen LogP contribution < -0.4 is 5.32 Å². The van der Waals surface area contributed by atoms with E-state index < -0.39 is 5.60 Å². The molecule has 2 nitrogen and oxygen atoms in total. The standard InChI is InChI=1S/C22H27NO/c1-4-15-22(24)16(2)20(18-11-7-5-8-12-18)23-21(17(22)3)19-13-9-6-10-14-19/h4-14,16-17,20-21,23-24H,1,15H2,2-3H3. The highest BCUT2D eigenvalue weighted by atomic mass is 16.3. The lowest BCUT2D eigenvalue weighted by Gasteiger charge is -2.52. The Balaban J connectivity index is 2.03. The smallest absolute Gasteiger partial charge is 0.0768 e. The highest BCUT2D eigenvalue weighted by Gasteiger charge is 2.50. The molecule has 2 aromatic rings. The summed E-state index contributed by atoms with van der Waals surface area (Å²) in [5.74, 6) is 0.181. The van der Waals surface area contributed by atoms with Gasteiger partial charge in [0.2, 0.25) is 0 Å². The molecule has 1 fully saturated rings. The van der Waals surface area contributed by atoms with Crippen molar-refractivity contribution in [2.45, 2.75) is 38.0 Å². The molecule has 4 unspecified atom stereocenters. The van der Waals surface area contributed by atoms with Gasteiger partial charge in [0, 0.05) is 23.9 Å². The molecule has 2 N–H and O–H groups in total. The highest BCUT2D eigenvalue weighted by Crippen LogP contribution is 2.48. The van der Waals surface area contributed by atoms with Crippen LogP contribution in [-0.4, -0.2) is 10.7 Å². The summed E-state index contributed by atoms with van der Waals surface area (Å²) in [5, 5.41) is 15.4. The number of hydrogen-bond acceptors (Lipinski definition) is 2. The monoisotopic (exact) mass is 321 g/mol. The predicted octanol–water partition coefficient (Wildman–Crippen LogP) is 4.65. The van der Waals surface area contributed by atoms with Crippen molar-refractivity contribution in [2.24, 2.45) is 11.8 Å². The fourth-order valence-electron chi connectivity index (χ4n) is 4.17. The molecule has 0 amide bonds. The summed E-state index contributed by atoms with van der Waals surface area (Å²) < 4.78 is 0. The first-order chi connectivity index (χ1) is 11.6. The molecule has 0 aromatic heterocycles. The van der Waals surface area contributed by atoms with Crippen LogP contribution in [0.2, 0.25) is 0 Å². The molecule has 1 aliphatic rings. The van der Waals surface area contributed by atoms with Gasteiger partial charge in [-0.3, -0.25) is 0 Å². The quantitative estimate of drug-likeness (QED) is 0.803. The van der Waals surface area contributed by atoms with Crippen LogP contribution in [0.1, 0.15) is 43.5 Å². The minimum absolute atomic E-state index is 0.0906. The van der Waals surface area contributed by atoms with Gasteiger partial charge in [0.25, 0.3) is 0 Å². The van der Waals surface area contributed by atoms with Crippen LogP contribution in [0, 0.1) is 11.8 Å². The van der Waals surface area contributed by atoms with Crippen LogP contribution in [0.5, 0.6) is 0 Å². The van der Waals surface area contributed by atoms with Crippen molar-refractivity contribution in [3.05, 3.63) is 84.4 Å². The molecule has 0 aliphatic carbocycles. The SMILES string of the molecule is C=CCC1(O)C(C)C(c2ccccc2)NC(c2ccccc2)C1C. The average Bonchev–Trinajstić information content (AvgIpc) is 2.62. The topological polar surface area (TPSA) is 32.3 Å². The van der Waals surface area contributed by atoms with Crippen molar-refractivity contribution in [1.82, 2.24) is 5.32 Å². The second kappa shape index (κ2) is 6.92. The van der Waals surface area contributed by atoms with Crippen molar-refractivity contribution in [2.75, 3.05) is 0 Å². The van der Waals surface area contributed by atoms with Crippen molar-refractivity contribution >= 4 is 0 Å². The Morgan fingerprint density at radius 1 is 0.917 bits per heavy atom. The summed E-state index contributed by atoms with van der Waals surface area (Å²) in [6.07, 6.45) is 2.45. The molecule has 0 bridgehead atoms. The van der Waals surface area contributed by atoms with Crippen LogP contribution in [0.4, 0.5) is 0 Å². The van der Waals surface area contributed by atoms with E-state index in [4.69, 9.17) is 0 Å². The maximum Gasteiger partial charge on any atom is 0.0768 e. The van der Waals surface area contributed by atoms with E-state index in [-0.39, 0.29) is 23.9 Å². The Bertz CT molecular complexity index is 615. The molecule has 0 radical (unpaired) electrons. The number of aliphatic hydroxyl groups is 1.